The van der Waals surface area contributed by atoms with E-state index in [0.29, 0.717) is 25.1 Å². The lowest BCUT2D eigenvalue weighted by Gasteiger charge is -2.37. The third kappa shape index (κ3) is 9.11. The van der Waals surface area contributed by atoms with Crippen molar-refractivity contribution in [3.05, 3.63) is 131 Å². The van der Waals surface area contributed by atoms with Crippen LogP contribution in [0.3, 0.4) is 0 Å². The first kappa shape index (κ1) is 35.5. The summed E-state index contributed by atoms with van der Waals surface area (Å²) >= 11 is 0. The molecule has 0 aliphatic carbocycles. The molecule has 4 aromatic rings. The number of hydrogen-bond donors (Lipinski definition) is 4. The first-order valence-electron chi connectivity index (χ1n) is 16.3. The molecule has 4 rings (SSSR count). The lowest BCUT2D eigenvalue weighted by molar-refractivity contribution is -0.118. The standard InChI is InChI=1S/C39H49N3O4Si/c1-29-20-22-32(23-21-29)39(30-15-9-7-10-16-30,31-17-11-8-12-18-31)40-28-14-13-19-35(42-37(44)45)36(43)41-33-24-26-34(27-25-33)46-47(5,6)38(2,3)4/h7-12,15-18,20-27,35,40,42H,13-14,19,28H2,1-6H3,(H,41,43)(H,44,45). The molecule has 2 amide bonds. The molecular formula is C39H49N3O4Si. The van der Waals surface area contributed by atoms with Crippen LogP contribution in [0.5, 0.6) is 5.75 Å². The summed E-state index contributed by atoms with van der Waals surface area (Å²) in [6, 6.07) is 35.8. The van der Waals surface area contributed by atoms with E-state index in [2.05, 4.69) is 130 Å². The summed E-state index contributed by atoms with van der Waals surface area (Å²) in [5.41, 5.74) is 4.57. The number of carbonyl (C=O) groups excluding carboxylic acids is 1. The van der Waals surface area contributed by atoms with Gasteiger partial charge in [-0.05, 0) is 91.8 Å². The second-order valence-corrected chi connectivity index (χ2v) is 18.4. The molecule has 4 N–H and O–H groups in total. The van der Waals surface area contributed by atoms with Gasteiger partial charge in [0.1, 0.15) is 11.8 Å². The van der Waals surface area contributed by atoms with Crippen LogP contribution >= 0.6 is 0 Å². The monoisotopic (exact) mass is 651 g/mol. The Labute approximate surface area is 280 Å². The van der Waals surface area contributed by atoms with Gasteiger partial charge in [-0.15, -0.1) is 0 Å². The molecule has 0 spiro atoms. The third-order valence-electron chi connectivity index (χ3n) is 9.12. The zero-order valence-corrected chi connectivity index (χ0v) is 29.5. The van der Waals surface area contributed by atoms with Crippen LogP contribution in [0.1, 0.15) is 62.3 Å². The quantitative estimate of drug-likeness (QED) is 0.0621. The highest BCUT2D eigenvalue weighted by Crippen LogP contribution is 2.38. The molecule has 248 valence electrons. The van der Waals surface area contributed by atoms with E-state index in [9.17, 15) is 14.7 Å². The smallest absolute Gasteiger partial charge is 0.405 e. The molecule has 0 saturated heterocycles. The number of unbranched alkanes of at least 4 members (excludes halogenated alkanes) is 1. The van der Waals surface area contributed by atoms with Gasteiger partial charge in [-0.3, -0.25) is 10.1 Å². The zero-order chi connectivity index (χ0) is 34.1. The van der Waals surface area contributed by atoms with E-state index in [4.69, 9.17) is 4.43 Å². The second kappa shape index (κ2) is 15.5. The highest BCUT2D eigenvalue weighted by molar-refractivity contribution is 6.74. The Morgan fingerprint density at radius 1 is 0.766 bits per heavy atom. The van der Waals surface area contributed by atoms with Gasteiger partial charge in [-0.1, -0.05) is 111 Å². The normalized spacial score (nSPS) is 12.6. The number of benzene rings is 4. The molecule has 1 unspecified atom stereocenters. The molecule has 47 heavy (non-hydrogen) atoms. The molecule has 0 heterocycles. The summed E-state index contributed by atoms with van der Waals surface area (Å²) in [4.78, 5) is 24.8. The van der Waals surface area contributed by atoms with Crippen LogP contribution in [0, 0.1) is 6.92 Å². The van der Waals surface area contributed by atoms with Crippen molar-refractivity contribution < 1.29 is 19.1 Å². The molecule has 7 nitrogen and oxygen atoms in total. The minimum absolute atomic E-state index is 0.0659. The zero-order valence-electron chi connectivity index (χ0n) is 28.5. The molecule has 0 fully saturated rings. The molecule has 1 atom stereocenters. The van der Waals surface area contributed by atoms with Crippen molar-refractivity contribution in [3.63, 3.8) is 0 Å². The topological polar surface area (TPSA) is 99.7 Å². The van der Waals surface area contributed by atoms with E-state index in [1.54, 1.807) is 12.1 Å². The maximum atomic E-state index is 13.2. The number of hydrogen-bond acceptors (Lipinski definition) is 4. The van der Waals surface area contributed by atoms with Crippen LogP contribution in [0.15, 0.2) is 109 Å². The maximum absolute atomic E-state index is 13.2. The minimum atomic E-state index is -1.99. The van der Waals surface area contributed by atoms with Crippen molar-refractivity contribution in [3.8, 4) is 5.75 Å². The average molecular weight is 652 g/mol. The van der Waals surface area contributed by atoms with Crippen molar-refractivity contribution in [1.29, 1.82) is 0 Å². The fraction of sp³-hybridized carbons (Fsp3) is 0.333. The summed E-state index contributed by atoms with van der Waals surface area (Å²) in [5, 5.41) is 18.7. The van der Waals surface area contributed by atoms with Crippen molar-refractivity contribution >= 4 is 26.0 Å². The van der Waals surface area contributed by atoms with Gasteiger partial charge < -0.3 is 20.2 Å². The van der Waals surface area contributed by atoms with Crippen LogP contribution in [-0.2, 0) is 10.3 Å². The molecule has 0 aliphatic rings. The Hall–Kier alpha value is -4.40. The SMILES string of the molecule is Cc1ccc(C(NCCCCC(NC(=O)O)C(=O)Nc2ccc(O[Si](C)(C)C(C)(C)C)cc2)(c2ccccc2)c2ccccc2)cc1. The van der Waals surface area contributed by atoms with Crippen LogP contribution < -0.4 is 20.4 Å². The van der Waals surface area contributed by atoms with E-state index in [-0.39, 0.29) is 10.9 Å². The fourth-order valence-electron chi connectivity index (χ4n) is 5.44. The fourth-order valence-corrected chi connectivity index (χ4v) is 6.47. The largest absolute Gasteiger partial charge is 0.544 e. The lowest BCUT2D eigenvalue weighted by atomic mass is 9.76. The highest BCUT2D eigenvalue weighted by Gasteiger charge is 2.39. The molecular weight excluding hydrogens is 603 g/mol. The maximum Gasteiger partial charge on any atom is 0.405 e. The number of aryl methyl sites for hydroxylation is 1. The minimum Gasteiger partial charge on any atom is -0.544 e. The predicted molar refractivity (Wildman–Crippen MR) is 194 cm³/mol. The third-order valence-corrected chi connectivity index (χ3v) is 13.5. The van der Waals surface area contributed by atoms with Gasteiger partial charge in [0.15, 0.2) is 0 Å². The van der Waals surface area contributed by atoms with E-state index in [1.165, 1.54) is 5.56 Å². The van der Waals surface area contributed by atoms with Gasteiger partial charge in [-0.25, -0.2) is 4.79 Å². The molecule has 0 saturated carbocycles. The van der Waals surface area contributed by atoms with Gasteiger partial charge >= 0.3 is 6.09 Å². The van der Waals surface area contributed by atoms with Crippen LogP contribution in [0.2, 0.25) is 18.1 Å². The van der Waals surface area contributed by atoms with Gasteiger partial charge in [0.25, 0.3) is 0 Å². The summed E-state index contributed by atoms with van der Waals surface area (Å²) in [5.74, 6) is 0.371. The predicted octanol–water partition coefficient (Wildman–Crippen LogP) is 8.71. The first-order valence-corrected chi connectivity index (χ1v) is 19.3. The number of amides is 2. The number of anilines is 1. The average Bonchev–Trinajstić information content (AvgIpc) is 3.04. The Kier molecular flexibility index (Phi) is 11.7. The lowest BCUT2D eigenvalue weighted by Crippen LogP contribution is -2.45. The molecule has 0 aromatic heterocycles. The van der Waals surface area contributed by atoms with Gasteiger partial charge in [0.05, 0.1) is 5.54 Å². The Morgan fingerprint density at radius 2 is 1.30 bits per heavy atom. The molecule has 0 aliphatic heterocycles. The van der Waals surface area contributed by atoms with Crippen molar-refractivity contribution in [2.45, 2.75) is 76.7 Å². The van der Waals surface area contributed by atoms with E-state index in [1.807, 2.05) is 24.3 Å². The number of nitrogens with one attached hydrogen (secondary N) is 3. The van der Waals surface area contributed by atoms with Gasteiger partial charge in [0, 0.05) is 5.69 Å². The molecule has 8 heteroatoms. The summed E-state index contributed by atoms with van der Waals surface area (Å²) in [7, 11) is -1.99. The van der Waals surface area contributed by atoms with Crippen molar-refractivity contribution in [1.82, 2.24) is 10.6 Å². The van der Waals surface area contributed by atoms with Crippen molar-refractivity contribution in [2.75, 3.05) is 11.9 Å². The summed E-state index contributed by atoms with van der Waals surface area (Å²) in [6.45, 7) is 13.7. The van der Waals surface area contributed by atoms with Crippen LogP contribution in [-0.4, -0.2) is 38.0 Å². The van der Waals surface area contributed by atoms with Gasteiger partial charge in [0.2, 0.25) is 14.2 Å². The van der Waals surface area contributed by atoms with Gasteiger partial charge in [-0.2, -0.15) is 0 Å². The molecule has 0 bridgehead atoms. The van der Waals surface area contributed by atoms with E-state index < -0.39 is 26.0 Å². The second-order valence-electron chi connectivity index (χ2n) is 13.6. The highest BCUT2D eigenvalue weighted by atomic mass is 28.4. The Balaban J connectivity index is 1.44. The summed E-state index contributed by atoms with van der Waals surface area (Å²) < 4.78 is 6.35. The molecule has 0 radical (unpaired) electrons. The van der Waals surface area contributed by atoms with E-state index >= 15 is 0 Å². The Bertz CT molecular complexity index is 1550. The first-order chi connectivity index (χ1) is 22.3. The Morgan fingerprint density at radius 3 is 1.81 bits per heavy atom. The number of carbonyl (C=O) groups is 2. The number of carboxylic acid groups (broad SMARTS) is 1. The van der Waals surface area contributed by atoms with Crippen LogP contribution in [0.25, 0.3) is 0 Å². The number of rotatable bonds is 14. The van der Waals surface area contributed by atoms with E-state index in [0.717, 1.165) is 28.9 Å². The molecule has 4 aromatic carbocycles. The van der Waals surface area contributed by atoms with Crippen LogP contribution in [0.4, 0.5) is 10.5 Å². The van der Waals surface area contributed by atoms with Crippen molar-refractivity contribution in [2.24, 2.45) is 0 Å². The summed E-state index contributed by atoms with van der Waals surface area (Å²) in [6.07, 6.45) is 0.504.